The van der Waals surface area contributed by atoms with E-state index in [-0.39, 0.29) is 0 Å². The van der Waals surface area contributed by atoms with Crippen LogP contribution in [0.5, 0.6) is 0 Å². The van der Waals surface area contributed by atoms with Gasteiger partial charge in [0.15, 0.2) is 0 Å². The summed E-state index contributed by atoms with van der Waals surface area (Å²) in [5.41, 5.74) is 0. The van der Waals surface area contributed by atoms with Crippen LogP contribution in [0.1, 0.15) is 46.0 Å². The van der Waals surface area contributed by atoms with Gasteiger partial charge < -0.3 is 10.2 Å². The molecule has 3 nitrogen and oxygen atoms in total. The third-order valence-corrected chi connectivity index (χ3v) is 6.15. The fraction of sp³-hybridized carbons (Fsp3) is 0.941. The maximum atomic E-state index is 12.6. The molecule has 0 aromatic rings. The maximum absolute atomic E-state index is 12.6. The minimum Gasteiger partial charge on any atom is -0.355 e. The van der Waals surface area contributed by atoms with Crippen molar-refractivity contribution in [1.29, 1.82) is 0 Å². The van der Waals surface area contributed by atoms with Crippen LogP contribution in [0.15, 0.2) is 0 Å². The fourth-order valence-corrected chi connectivity index (χ4v) is 5.35. The van der Waals surface area contributed by atoms with Crippen LogP contribution in [0.3, 0.4) is 0 Å². The van der Waals surface area contributed by atoms with E-state index in [0.717, 1.165) is 38.0 Å². The van der Waals surface area contributed by atoms with Crippen LogP contribution in [-0.4, -0.2) is 37.0 Å². The third-order valence-electron chi connectivity index (χ3n) is 6.15. The number of hydrogen-bond donors (Lipinski definition) is 1. The zero-order valence-corrected chi connectivity index (χ0v) is 13.1. The van der Waals surface area contributed by atoms with Gasteiger partial charge in [-0.25, -0.2) is 0 Å². The normalized spacial score (nSPS) is 38.5. The minimum atomic E-state index is 0.347. The molecular weight excluding hydrogens is 248 g/mol. The molecule has 4 fully saturated rings. The Morgan fingerprint density at radius 2 is 1.55 bits per heavy atom. The molecule has 0 spiro atoms. The number of nitrogens with one attached hydrogen (secondary N) is 1. The zero-order chi connectivity index (χ0) is 14.1. The Morgan fingerprint density at radius 3 is 2.05 bits per heavy atom. The van der Waals surface area contributed by atoms with E-state index >= 15 is 0 Å². The monoisotopic (exact) mass is 278 g/mol. The van der Waals surface area contributed by atoms with E-state index in [4.69, 9.17) is 0 Å². The summed E-state index contributed by atoms with van der Waals surface area (Å²) >= 11 is 0. The highest BCUT2D eigenvalue weighted by Crippen LogP contribution is 2.56. The van der Waals surface area contributed by atoms with Gasteiger partial charge in [0.05, 0.1) is 0 Å². The molecule has 0 radical (unpaired) electrons. The molecule has 20 heavy (non-hydrogen) atoms. The van der Waals surface area contributed by atoms with E-state index in [1.807, 2.05) is 0 Å². The van der Waals surface area contributed by atoms with Crippen LogP contribution < -0.4 is 5.32 Å². The van der Waals surface area contributed by atoms with Crippen molar-refractivity contribution in [1.82, 2.24) is 10.2 Å². The van der Waals surface area contributed by atoms with Gasteiger partial charge in [0.25, 0.3) is 0 Å². The van der Waals surface area contributed by atoms with Crippen molar-refractivity contribution < 1.29 is 4.79 Å². The minimum absolute atomic E-state index is 0.347. The Bertz CT molecular complexity index is 323. The average molecular weight is 278 g/mol. The summed E-state index contributed by atoms with van der Waals surface area (Å²) in [5, 5.41) is 3.23. The first kappa shape index (κ1) is 14.4. The van der Waals surface area contributed by atoms with E-state index in [2.05, 4.69) is 24.1 Å². The molecule has 0 aromatic carbocycles. The number of rotatable bonds is 6. The number of carbonyl (C=O) groups is 1. The van der Waals surface area contributed by atoms with Crippen molar-refractivity contribution in [3.8, 4) is 0 Å². The lowest BCUT2D eigenvalue weighted by atomic mass is 9.51. The summed E-state index contributed by atoms with van der Waals surface area (Å²) in [7, 11) is 0. The summed E-state index contributed by atoms with van der Waals surface area (Å²) in [6.07, 6.45) is 6.80. The first-order valence-corrected chi connectivity index (χ1v) is 8.71. The number of nitrogens with zero attached hydrogens (tertiary/aromatic N) is 1. The first-order valence-electron chi connectivity index (χ1n) is 8.71. The van der Waals surface area contributed by atoms with Gasteiger partial charge in [0.2, 0.25) is 5.91 Å². The van der Waals surface area contributed by atoms with Gasteiger partial charge in [0.1, 0.15) is 0 Å². The maximum Gasteiger partial charge on any atom is 0.223 e. The van der Waals surface area contributed by atoms with Gasteiger partial charge in [0, 0.05) is 19.0 Å². The lowest BCUT2D eigenvalue weighted by Crippen LogP contribution is -2.51. The Hall–Kier alpha value is -0.570. The van der Waals surface area contributed by atoms with Crippen molar-refractivity contribution in [3.05, 3.63) is 0 Å². The van der Waals surface area contributed by atoms with Gasteiger partial charge in [-0.1, -0.05) is 13.8 Å². The van der Waals surface area contributed by atoms with Crippen LogP contribution in [0, 0.1) is 29.6 Å². The molecule has 1 N–H and O–H groups in total. The molecule has 1 amide bonds. The van der Waals surface area contributed by atoms with Gasteiger partial charge in [-0.3, -0.25) is 4.79 Å². The molecule has 3 heteroatoms. The highest BCUT2D eigenvalue weighted by Gasteiger charge is 2.50. The second-order valence-corrected chi connectivity index (χ2v) is 7.27. The fourth-order valence-electron chi connectivity index (χ4n) is 5.35. The molecule has 4 saturated carbocycles. The van der Waals surface area contributed by atoms with E-state index in [9.17, 15) is 4.79 Å². The average Bonchev–Trinajstić information content (AvgIpc) is 2.42. The largest absolute Gasteiger partial charge is 0.355 e. The van der Waals surface area contributed by atoms with Gasteiger partial charge in [-0.15, -0.1) is 0 Å². The zero-order valence-electron chi connectivity index (χ0n) is 13.1. The Labute approximate surface area is 123 Å². The second kappa shape index (κ2) is 6.05. The number of hydrogen-bond acceptors (Lipinski definition) is 2. The molecule has 0 heterocycles. The van der Waals surface area contributed by atoms with Gasteiger partial charge in [-0.05, 0) is 68.9 Å². The summed E-state index contributed by atoms with van der Waals surface area (Å²) in [6.45, 7) is 8.33. The Morgan fingerprint density at radius 1 is 1.00 bits per heavy atom. The Kier molecular flexibility index (Phi) is 4.34. The smallest absolute Gasteiger partial charge is 0.223 e. The lowest BCUT2D eigenvalue weighted by Gasteiger charge is -2.53. The third kappa shape index (κ3) is 2.74. The highest BCUT2D eigenvalue weighted by atomic mass is 16.1. The standard InChI is InChI=1S/C17H30N2O/c1-3-19(4-2)6-5-18-17(20)16-14-8-12-7-13(10-14)11-15(16)9-12/h12-16H,3-11H2,1-2H3,(H,18,20). The summed E-state index contributed by atoms with van der Waals surface area (Å²) in [5.74, 6) is 4.04. The van der Waals surface area contributed by atoms with Crippen LogP contribution >= 0.6 is 0 Å². The van der Waals surface area contributed by atoms with Crippen molar-refractivity contribution >= 4 is 5.91 Å². The SMILES string of the molecule is CCN(CC)CCNC(=O)C1C2CC3CC(C2)CC1C3. The van der Waals surface area contributed by atoms with Crippen LogP contribution in [0.25, 0.3) is 0 Å². The molecule has 114 valence electrons. The van der Waals surface area contributed by atoms with E-state index in [1.54, 1.807) is 0 Å². The lowest BCUT2D eigenvalue weighted by molar-refractivity contribution is -0.138. The Balaban J connectivity index is 1.50. The van der Waals surface area contributed by atoms with Gasteiger partial charge in [-0.2, -0.15) is 0 Å². The van der Waals surface area contributed by atoms with Crippen molar-refractivity contribution in [2.45, 2.75) is 46.0 Å². The number of likely N-dealkylation sites (N-methyl/N-ethyl adjacent to an activating group) is 1. The first-order chi connectivity index (χ1) is 9.71. The second-order valence-electron chi connectivity index (χ2n) is 7.27. The highest BCUT2D eigenvalue weighted by molar-refractivity contribution is 5.79. The molecule has 4 bridgehead atoms. The molecular formula is C17H30N2O. The molecule has 0 saturated heterocycles. The molecule has 0 aliphatic heterocycles. The van der Waals surface area contributed by atoms with E-state index in [1.165, 1.54) is 32.1 Å². The van der Waals surface area contributed by atoms with Crippen LogP contribution in [-0.2, 0) is 4.79 Å². The van der Waals surface area contributed by atoms with E-state index in [0.29, 0.717) is 23.7 Å². The van der Waals surface area contributed by atoms with Crippen LogP contribution in [0.2, 0.25) is 0 Å². The molecule has 4 rings (SSSR count). The van der Waals surface area contributed by atoms with E-state index < -0.39 is 0 Å². The molecule has 0 aromatic heterocycles. The quantitative estimate of drug-likeness (QED) is 0.809. The van der Waals surface area contributed by atoms with Crippen molar-refractivity contribution in [2.75, 3.05) is 26.2 Å². The number of amides is 1. The molecule has 4 aliphatic rings. The predicted octanol–water partition coefficient (Wildman–Crippen LogP) is 2.52. The van der Waals surface area contributed by atoms with Gasteiger partial charge >= 0.3 is 0 Å². The molecule has 0 atom stereocenters. The topological polar surface area (TPSA) is 32.3 Å². The molecule has 0 unspecified atom stereocenters. The van der Waals surface area contributed by atoms with Crippen LogP contribution in [0.4, 0.5) is 0 Å². The summed E-state index contributed by atoms with van der Waals surface area (Å²) in [6, 6.07) is 0. The van der Waals surface area contributed by atoms with Crippen molar-refractivity contribution in [2.24, 2.45) is 29.6 Å². The predicted molar refractivity (Wildman–Crippen MR) is 81.3 cm³/mol. The van der Waals surface area contributed by atoms with Crippen molar-refractivity contribution in [3.63, 3.8) is 0 Å². The molecule has 4 aliphatic carbocycles. The summed E-state index contributed by atoms with van der Waals surface area (Å²) < 4.78 is 0. The summed E-state index contributed by atoms with van der Waals surface area (Å²) in [4.78, 5) is 14.9. The number of carbonyl (C=O) groups excluding carboxylic acids is 1.